The van der Waals surface area contributed by atoms with Crippen molar-refractivity contribution in [2.24, 2.45) is 11.8 Å². The molecule has 3 fully saturated rings. The molecule has 3 aliphatic rings. The number of nitrogens with one attached hydrogen (secondary N) is 2. The second-order valence-corrected chi connectivity index (χ2v) is 9.40. The van der Waals surface area contributed by atoms with Crippen LogP contribution < -0.4 is 10.6 Å². The van der Waals surface area contributed by atoms with E-state index in [9.17, 15) is 19.5 Å². The minimum Gasteiger partial charge on any atom is -0.396 e. The van der Waals surface area contributed by atoms with Crippen molar-refractivity contribution in [3.8, 4) is 0 Å². The lowest BCUT2D eigenvalue weighted by molar-refractivity contribution is -0.139. The summed E-state index contributed by atoms with van der Waals surface area (Å²) in [6.07, 6.45) is 0.961. The number of rotatable bonds is 7. The van der Waals surface area contributed by atoms with E-state index in [1.54, 1.807) is 36.4 Å². The van der Waals surface area contributed by atoms with Gasteiger partial charge in [0.2, 0.25) is 17.7 Å². The lowest BCUT2D eigenvalue weighted by Crippen LogP contribution is -2.53. The Morgan fingerprint density at radius 3 is 2.56 bits per heavy atom. The summed E-state index contributed by atoms with van der Waals surface area (Å²) in [6.45, 7) is 0.0664. The third kappa shape index (κ3) is 3.66. The number of carbonyl (C=O) groups is 3. The molecule has 0 saturated carbocycles. The molecule has 34 heavy (non-hydrogen) atoms. The second kappa shape index (κ2) is 9.02. The number of hydrogen-bond acceptors (Lipinski definition) is 5. The van der Waals surface area contributed by atoms with Gasteiger partial charge in [-0.05, 0) is 43.5 Å². The van der Waals surface area contributed by atoms with Crippen molar-refractivity contribution in [1.29, 1.82) is 0 Å². The standard InChI is InChI=1S/C25H26ClN3O5/c26-16-9-4-5-10-17(16)28-23(32)21-25-12-11-18(34-25)19(20(25)24(33)29(21)13-6-14-30)22(31)27-15-7-2-1-3-8-15/h1-5,7-10,18-21,30H,6,11-14H2,(H,27,31)(H,28,32)/t18-,19+,20-,21?,25?/m0/s1. The summed E-state index contributed by atoms with van der Waals surface area (Å²) >= 11 is 6.24. The molecule has 0 radical (unpaired) electrons. The Hall–Kier alpha value is -2.94. The van der Waals surface area contributed by atoms with Crippen LogP contribution in [0.3, 0.4) is 0 Å². The van der Waals surface area contributed by atoms with Crippen LogP contribution in [-0.2, 0) is 19.1 Å². The van der Waals surface area contributed by atoms with Gasteiger partial charge in [0.25, 0.3) is 0 Å². The Morgan fingerprint density at radius 2 is 1.82 bits per heavy atom. The van der Waals surface area contributed by atoms with Crippen molar-refractivity contribution in [3.05, 3.63) is 59.6 Å². The molecule has 3 aliphatic heterocycles. The van der Waals surface area contributed by atoms with Crippen LogP contribution in [-0.4, -0.2) is 58.6 Å². The number of amides is 3. The van der Waals surface area contributed by atoms with Crippen molar-refractivity contribution in [3.63, 3.8) is 0 Å². The number of aliphatic hydroxyl groups is 1. The number of likely N-dealkylation sites (tertiary alicyclic amines) is 1. The third-order valence-electron chi connectivity index (χ3n) is 7.08. The average molecular weight is 484 g/mol. The molecule has 0 aromatic heterocycles. The summed E-state index contributed by atoms with van der Waals surface area (Å²) < 4.78 is 6.36. The lowest BCUT2D eigenvalue weighted by atomic mass is 9.70. The molecule has 9 heteroatoms. The van der Waals surface area contributed by atoms with Crippen LogP contribution in [0.2, 0.25) is 5.02 Å². The highest BCUT2D eigenvalue weighted by molar-refractivity contribution is 6.33. The second-order valence-electron chi connectivity index (χ2n) is 8.99. The minimum atomic E-state index is -1.10. The highest BCUT2D eigenvalue weighted by Gasteiger charge is 2.74. The molecule has 8 nitrogen and oxygen atoms in total. The van der Waals surface area contributed by atoms with Crippen LogP contribution >= 0.6 is 11.6 Å². The minimum absolute atomic E-state index is 0.123. The highest BCUT2D eigenvalue weighted by atomic mass is 35.5. The summed E-state index contributed by atoms with van der Waals surface area (Å²) in [4.78, 5) is 42.0. The molecule has 2 aromatic rings. The van der Waals surface area contributed by atoms with Gasteiger partial charge in [-0.15, -0.1) is 0 Å². The number of fused-ring (bicyclic) bond motifs is 1. The van der Waals surface area contributed by atoms with Crippen LogP contribution in [0.5, 0.6) is 0 Å². The van der Waals surface area contributed by atoms with Gasteiger partial charge in [0, 0.05) is 18.8 Å². The highest BCUT2D eigenvalue weighted by Crippen LogP contribution is 2.58. The predicted molar refractivity (Wildman–Crippen MR) is 126 cm³/mol. The molecule has 2 bridgehead atoms. The van der Waals surface area contributed by atoms with Gasteiger partial charge in [-0.3, -0.25) is 14.4 Å². The van der Waals surface area contributed by atoms with Crippen LogP contribution in [0.1, 0.15) is 19.3 Å². The van der Waals surface area contributed by atoms with E-state index in [0.717, 1.165) is 0 Å². The van der Waals surface area contributed by atoms with Gasteiger partial charge in [-0.25, -0.2) is 0 Å². The average Bonchev–Trinajstić information content (AvgIpc) is 3.47. The molecule has 178 valence electrons. The van der Waals surface area contributed by atoms with Crippen molar-refractivity contribution in [1.82, 2.24) is 4.90 Å². The summed E-state index contributed by atoms with van der Waals surface area (Å²) in [6, 6.07) is 15.0. The van der Waals surface area contributed by atoms with E-state index in [1.165, 1.54) is 4.90 Å². The molecule has 2 unspecified atom stereocenters. The van der Waals surface area contributed by atoms with Crippen LogP contribution in [0.25, 0.3) is 0 Å². The first-order chi connectivity index (χ1) is 16.5. The number of ether oxygens (including phenoxy) is 1. The zero-order valence-electron chi connectivity index (χ0n) is 18.4. The maximum Gasteiger partial charge on any atom is 0.250 e. The number of carbonyl (C=O) groups excluding carboxylic acids is 3. The fourth-order valence-corrected chi connectivity index (χ4v) is 5.93. The fourth-order valence-electron chi connectivity index (χ4n) is 5.75. The quantitative estimate of drug-likeness (QED) is 0.561. The Balaban J connectivity index is 1.46. The Morgan fingerprint density at radius 1 is 1.09 bits per heavy atom. The van der Waals surface area contributed by atoms with Crippen molar-refractivity contribution < 1.29 is 24.2 Å². The summed E-state index contributed by atoms with van der Waals surface area (Å²) in [5.74, 6) is -2.45. The maximum atomic E-state index is 13.7. The van der Waals surface area contributed by atoms with E-state index in [-0.39, 0.29) is 25.0 Å². The van der Waals surface area contributed by atoms with Crippen LogP contribution in [0.4, 0.5) is 11.4 Å². The topological polar surface area (TPSA) is 108 Å². The van der Waals surface area contributed by atoms with E-state index in [4.69, 9.17) is 16.3 Å². The smallest absolute Gasteiger partial charge is 0.250 e. The summed E-state index contributed by atoms with van der Waals surface area (Å²) in [5, 5.41) is 15.5. The van der Waals surface area contributed by atoms with Gasteiger partial charge >= 0.3 is 0 Å². The molecule has 3 amide bonds. The van der Waals surface area contributed by atoms with E-state index in [2.05, 4.69) is 10.6 Å². The number of para-hydroxylation sites is 2. The SMILES string of the molecule is O=C(Nc1ccccc1Cl)C1N(CCCO)C(=O)[C@@H]2[C@H](C(=O)Nc3ccccc3)[C@@H]3CCC12O3. The van der Waals surface area contributed by atoms with Gasteiger partial charge in [0.05, 0.1) is 28.6 Å². The summed E-state index contributed by atoms with van der Waals surface area (Å²) in [7, 11) is 0. The first kappa shape index (κ1) is 22.8. The molecule has 2 aromatic carbocycles. The molecule has 3 saturated heterocycles. The van der Waals surface area contributed by atoms with Gasteiger partial charge in [-0.2, -0.15) is 0 Å². The van der Waals surface area contributed by atoms with Crippen molar-refractivity contribution >= 4 is 40.7 Å². The molecule has 3 heterocycles. The number of halogens is 1. The molecular weight excluding hydrogens is 458 g/mol. The monoisotopic (exact) mass is 483 g/mol. The summed E-state index contributed by atoms with van der Waals surface area (Å²) in [5.41, 5.74) is -0.0178. The number of aliphatic hydroxyl groups excluding tert-OH is 1. The molecule has 0 aliphatic carbocycles. The van der Waals surface area contributed by atoms with Crippen LogP contribution in [0.15, 0.2) is 54.6 Å². The fraction of sp³-hybridized carbons (Fsp3) is 0.400. The third-order valence-corrected chi connectivity index (χ3v) is 7.41. The number of anilines is 2. The van der Waals surface area contributed by atoms with Gasteiger partial charge < -0.3 is 25.4 Å². The normalized spacial score (nSPS) is 29.2. The molecule has 3 N–H and O–H groups in total. The molecule has 5 atom stereocenters. The lowest BCUT2D eigenvalue weighted by Gasteiger charge is -2.33. The van der Waals surface area contributed by atoms with Crippen molar-refractivity contribution in [2.75, 3.05) is 23.8 Å². The Labute approximate surface area is 202 Å². The van der Waals surface area contributed by atoms with Gasteiger partial charge in [-0.1, -0.05) is 41.9 Å². The molecule has 1 spiro atoms. The van der Waals surface area contributed by atoms with E-state index < -0.39 is 35.5 Å². The zero-order valence-corrected chi connectivity index (χ0v) is 19.2. The maximum absolute atomic E-state index is 13.7. The van der Waals surface area contributed by atoms with Crippen LogP contribution in [0, 0.1) is 11.8 Å². The first-order valence-electron chi connectivity index (χ1n) is 11.5. The van der Waals surface area contributed by atoms with E-state index >= 15 is 0 Å². The zero-order chi connectivity index (χ0) is 23.9. The predicted octanol–water partition coefficient (Wildman–Crippen LogP) is 2.67. The number of benzene rings is 2. The van der Waals surface area contributed by atoms with Crippen molar-refractivity contribution in [2.45, 2.75) is 37.0 Å². The largest absolute Gasteiger partial charge is 0.396 e. The molecular formula is C25H26ClN3O5. The van der Waals surface area contributed by atoms with E-state index in [1.807, 2.05) is 18.2 Å². The van der Waals surface area contributed by atoms with E-state index in [0.29, 0.717) is 35.7 Å². The number of hydrogen-bond donors (Lipinski definition) is 3. The van der Waals surface area contributed by atoms with Gasteiger partial charge in [0.1, 0.15) is 11.6 Å². The van der Waals surface area contributed by atoms with Gasteiger partial charge in [0.15, 0.2) is 0 Å². The first-order valence-corrected chi connectivity index (χ1v) is 11.8. The molecule has 5 rings (SSSR count). The Bertz CT molecular complexity index is 1110. The number of nitrogens with zero attached hydrogens (tertiary/aromatic N) is 1. The Kier molecular flexibility index (Phi) is 6.06.